The SMILES string of the molecule is CCNC(=NCc1ccc(C(=O)N(C)C)cc1)NCCC(=O)N(C)Cc1ccccc1.I. The maximum Gasteiger partial charge on any atom is 0.253 e. The van der Waals surface area contributed by atoms with Gasteiger partial charge in [0.25, 0.3) is 5.91 Å². The molecule has 0 atom stereocenters. The van der Waals surface area contributed by atoms with Crippen molar-refractivity contribution in [2.75, 3.05) is 34.2 Å². The predicted molar refractivity (Wildman–Crippen MR) is 140 cm³/mol. The smallest absolute Gasteiger partial charge is 0.253 e. The van der Waals surface area contributed by atoms with Crippen LogP contribution in [0.3, 0.4) is 0 Å². The summed E-state index contributed by atoms with van der Waals surface area (Å²) >= 11 is 0. The molecule has 0 saturated heterocycles. The maximum absolute atomic E-state index is 12.4. The first-order valence-electron chi connectivity index (χ1n) is 10.5. The summed E-state index contributed by atoms with van der Waals surface area (Å²) in [5, 5.41) is 6.41. The topological polar surface area (TPSA) is 77.0 Å². The number of amides is 2. The quantitative estimate of drug-likeness (QED) is 0.286. The van der Waals surface area contributed by atoms with Gasteiger partial charge in [-0.25, -0.2) is 4.99 Å². The molecule has 0 aliphatic carbocycles. The second-order valence-electron chi connectivity index (χ2n) is 7.50. The molecule has 0 unspecified atom stereocenters. The van der Waals surface area contributed by atoms with Crippen LogP contribution in [0.5, 0.6) is 0 Å². The molecule has 8 heteroatoms. The standard InChI is InChI=1S/C24H33N5O2.HI/c1-5-25-24(27-17-19-11-13-21(14-12-19)23(31)28(2)3)26-16-15-22(30)29(4)18-20-9-7-6-8-10-20;/h6-14H,5,15-18H2,1-4H3,(H2,25,26,27);1H. The van der Waals surface area contributed by atoms with Gasteiger partial charge in [-0.2, -0.15) is 0 Å². The zero-order valence-electron chi connectivity index (χ0n) is 19.3. The Morgan fingerprint density at radius 1 is 0.906 bits per heavy atom. The molecular formula is C24H34IN5O2. The van der Waals surface area contributed by atoms with E-state index in [0.29, 0.717) is 37.6 Å². The minimum atomic E-state index is -0.0213. The summed E-state index contributed by atoms with van der Waals surface area (Å²) in [6, 6.07) is 17.4. The molecule has 32 heavy (non-hydrogen) atoms. The van der Waals surface area contributed by atoms with Crippen LogP contribution in [0.1, 0.15) is 34.8 Å². The van der Waals surface area contributed by atoms with Crippen molar-refractivity contribution in [2.24, 2.45) is 4.99 Å². The largest absolute Gasteiger partial charge is 0.357 e. The van der Waals surface area contributed by atoms with Crippen LogP contribution in [0.25, 0.3) is 0 Å². The average Bonchev–Trinajstić information content (AvgIpc) is 2.77. The van der Waals surface area contributed by atoms with Crippen molar-refractivity contribution in [3.05, 3.63) is 71.3 Å². The minimum absolute atomic E-state index is 0. The third-order valence-corrected chi connectivity index (χ3v) is 4.69. The number of hydrogen-bond acceptors (Lipinski definition) is 3. The van der Waals surface area contributed by atoms with Gasteiger partial charge in [0.1, 0.15) is 0 Å². The maximum atomic E-state index is 12.4. The van der Waals surface area contributed by atoms with E-state index in [2.05, 4.69) is 15.6 Å². The Bertz CT molecular complexity index is 870. The second-order valence-corrected chi connectivity index (χ2v) is 7.50. The minimum Gasteiger partial charge on any atom is -0.357 e. The number of carbonyl (C=O) groups is 2. The van der Waals surface area contributed by atoms with Gasteiger partial charge in [-0.1, -0.05) is 42.5 Å². The van der Waals surface area contributed by atoms with Crippen molar-refractivity contribution in [3.8, 4) is 0 Å². The highest BCUT2D eigenvalue weighted by Gasteiger charge is 2.10. The van der Waals surface area contributed by atoms with E-state index in [1.807, 2.05) is 68.6 Å². The molecule has 0 radical (unpaired) electrons. The van der Waals surface area contributed by atoms with E-state index in [9.17, 15) is 9.59 Å². The van der Waals surface area contributed by atoms with Gasteiger partial charge >= 0.3 is 0 Å². The summed E-state index contributed by atoms with van der Waals surface area (Å²) in [6.07, 6.45) is 0.384. The lowest BCUT2D eigenvalue weighted by Crippen LogP contribution is -2.39. The summed E-state index contributed by atoms with van der Waals surface area (Å²) in [4.78, 5) is 32.2. The van der Waals surface area contributed by atoms with Gasteiger partial charge in [0, 0.05) is 52.8 Å². The van der Waals surface area contributed by atoms with Crippen LogP contribution in [0.2, 0.25) is 0 Å². The van der Waals surface area contributed by atoms with E-state index in [4.69, 9.17) is 0 Å². The van der Waals surface area contributed by atoms with Crippen LogP contribution in [0, 0.1) is 0 Å². The van der Waals surface area contributed by atoms with E-state index in [-0.39, 0.29) is 35.8 Å². The van der Waals surface area contributed by atoms with Crippen molar-refractivity contribution in [1.82, 2.24) is 20.4 Å². The highest BCUT2D eigenvalue weighted by Crippen LogP contribution is 2.08. The summed E-state index contributed by atoms with van der Waals surface area (Å²) in [7, 11) is 5.29. The Morgan fingerprint density at radius 3 is 2.16 bits per heavy atom. The summed E-state index contributed by atoms with van der Waals surface area (Å²) in [6.45, 7) is 4.30. The molecule has 0 saturated carbocycles. The molecule has 0 bridgehead atoms. The lowest BCUT2D eigenvalue weighted by molar-refractivity contribution is -0.130. The molecular weight excluding hydrogens is 517 g/mol. The first-order chi connectivity index (χ1) is 14.9. The van der Waals surface area contributed by atoms with E-state index in [1.54, 1.807) is 23.9 Å². The Morgan fingerprint density at radius 2 is 1.56 bits per heavy atom. The van der Waals surface area contributed by atoms with Crippen molar-refractivity contribution >= 4 is 41.8 Å². The highest BCUT2D eigenvalue weighted by atomic mass is 127. The molecule has 0 aliphatic heterocycles. The van der Waals surface area contributed by atoms with Crippen LogP contribution < -0.4 is 10.6 Å². The number of nitrogens with zero attached hydrogens (tertiary/aromatic N) is 3. The molecule has 0 spiro atoms. The zero-order valence-corrected chi connectivity index (χ0v) is 21.6. The van der Waals surface area contributed by atoms with Crippen LogP contribution >= 0.6 is 24.0 Å². The molecule has 2 aromatic carbocycles. The fourth-order valence-corrected chi connectivity index (χ4v) is 2.95. The van der Waals surface area contributed by atoms with Crippen LogP contribution in [-0.2, 0) is 17.9 Å². The predicted octanol–water partition coefficient (Wildman–Crippen LogP) is 3.11. The summed E-state index contributed by atoms with van der Waals surface area (Å²) in [5.41, 5.74) is 2.77. The summed E-state index contributed by atoms with van der Waals surface area (Å²) in [5.74, 6) is 0.717. The van der Waals surface area contributed by atoms with Crippen LogP contribution in [-0.4, -0.2) is 61.8 Å². The van der Waals surface area contributed by atoms with Crippen LogP contribution in [0.15, 0.2) is 59.6 Å². The Labute approximate surface area is 208 Å². The van der Waals surface area contributed by atoms with Crippen molar-refractivity contribution in [3.63, 3.8) is 0 Å². The molecule has 2 aromatic rings. The highest BCUT2D eigenvalue weighted by molar-refractivity contribution is 14.0. The van der Waals surface area contributed by atoms with E-state index in [0.717, 1.165) is 17.7 Å². The first-order valence-corrected chi connectivity index (χ1v) is 10.5. The second kappa shape index (κ2) is 14.4. The fourth-order valence-electron chi connectivity index (χ4n) is 2.95. The van der Waals surface area contributed by atoms with Crippen molar-refractivity contribution in [1.29, 1.82) is 0 Å². The van der Waals surface area contributed by atoms with Gasteiger partial charge in [0.2, 0.25) is 5.91 Å². The number of rotatable bonds is 9. The lowest BCUT2D eigenvalue weighted by Gasteiger charge is -2.18. The van der Waals surface area contributed by atoms with Crippen molar-refractivity contribution in [2.45, 2.75) is 26.4 Å². The van der Waals surface area contributed by atoms with Gasteiger partial charge in [0.15, 0.2) is 5.96 Å². The first kappa shape index (κ1) is 27.4. The Hall–Kier alpha value is -2.62. The van der Waals surface area contributed by atoms with Crippen LogP contribution in [0.4, 0.5) is 0 Å². The van der Waals surface area contributed by atoms with Gasteiger partial charge in [-0.15, -0.1) is 24.0 Å². The van der Waals surface area contributed by atoms with Gasteiger partial charge in [0.05, 0.1) is 6.54 Å². The molecule has 0 fully saturated rings. The van der Waals surface area contributed by atoms with Gasteiger partial charge < -0.3 is 20.4 Å². The normalized spacial score (nSPS) is 10.7. The van der Waals surface area contributed by atoms with Crippen molar-refractivity contribution < 1.29 is 9.59 Å². The third kappa shape index (κ3) is 9.25. The summed E-state index contributed by atoms with van der Waals surface area (Å²) < 4.78 is 0. The number of aliphatic imine (C=N–C) groups is 1. The number of nitrogens with one attached hydrogen (secondary N) is 2. The number of carbonyl (C=O) groups excluding carboxylic acids is 2. The fraction of sp³-hybridized carbons (Fsp3) is 0.375. The molecule has 174 valence electrons. The lowest BCUT2D eigenvalue weighted by atomic mass is 10.1. The molecule has 0 aromatic heterocycles. The zero-order chi connectivity index (χ0) is 22.6. The molecule has 0 heterocycles. The Kier molecular flexibility index (Phi) is 12.4. The molecule has 2 N–H and O–H groups in total. The molecule has 2 amide bonds. The average molecular weight is 551 g/mol. The number of hydrogen-bond donors (Lipinski definition) is 2. The van der Waals surface area contributed by atoms with E-state index in [1.165, 1.54) is 0 Å². The van der Waals surface area contributed by atoms with E-state index < -0.39 is 0 Å². The number of guanidine groups is 1. The Balaban J connectivity index is 0.00000512. The van der Waals surface area contributed by atoms with E-state index >= 15 is 0 Å². The van der Waals surface area contributed by atoms with Gasteiger partial charge in [-0.05, 0) is 30.2 Å². The number of halogens is 1. The third-order valence-electron chi connectivity index (χ3n) is 4.69. The molecule has 2 rings (SSSR count). The van der Waals surface area contributed by atoms with Gasteiger partial charge in [-0.3, -0.25) is 9.59 Å². The molecule has 7 nitrogen and oxygen atoms in total. The monoisotopic (exact) mass is 551 g/mol. The molecule has 0 aliphatic rings. The number of benzene rings is 2.